The maximum absolute atomic E-state index is 14.0. The number of methoxy groups -OCH3 is 1. The van der Waals surface area contributed by atoms with Gasteiger partial charge in [-0.15, -0.1) is 0 Å². The Hall–Kier alpha value is -1.17. The zero-order valence-corrected chi connectivity index (χ0v) is 11.8. The molecule has 1 rings (SSSR count). The molecule has 0 fully saturated rings. The van der Waals surface area contributed by atoms with Gasteiger partial charge in [0, 0.05) is 37.5 Å². The molecule has 0 spiro atoms. The van der Waals surface area contributed by atoms with Crippen molar-refractivity contribution < 1.29 is 14.2 Å². The van der Waals surface area contributed by atoms with E-state index >= 15 is 0 Å². The van der Waals surface area contributed by atoms with Crippen LogP contribution in [0.1, 0.15) is 18.5 Å². The first-order valence-electron chi connectivity index (χ1n) is 6.46. The Morgan fingerprint density at radius 3 is 2.74 bits per heavy atom. The third-order valence-corrected chi connectivity index (χ3v) is 3.17. The second-order valence-corrected chi connectivity index (χ2v) is 4.39. The van der Waals surface area contributed by atoms with Crippen LogP contribution in [-0.2, 0) is 4.74 Å². The second-order valence-electron chi connectivity index (χ2n) is 4.39. The number of nitrogens with one attached hydrogen (secondary N) is 1. The number of aliphatic hydroxyl groups excluding tert-OH is 1. The number of ether oxygens (including phenoxy) is 1. The Morgan fingerprint density at radius 1 is 1.42 bits per heavy atom. The summed E-state index contributed by atoms with van der Waals surface area (Å²) >= 11 is 0. The minimum absolute atomic E-state index is 0.0214. The largest absolute Gasteiger partial charge is 0.395 e. The van der Waals surface area contributed by atoms with Crippen LogP contribution in [0.3, 0.4) is 0 Å². The average molecular weight is 270 g/mol. The summed E-state index contributed by atoms with van der Waals surface area (Å²) in [5, 5.41) is 12.2. The summed E-state index contributed by atoms with van der Waals surface area (Å²) in [5.41, 5.74) is 1.42. The highest BCUT2D eigenvalue weighted by Gasteiger charge is 2.18. The molecule has 19 heavy (non-hydrogen) atoms. The van der Waals surface area contributed by atoms with Gasteiger partial charge in [-0.05, 0) is 26.1 Å². The molecule has 1 aromatic carbocycles. The van der Waals surface area contributed by atoms with Crippen molar-refractivity contribution in [2.75, 3.05) is 45.4 Å². The van der Waals surface area contributed by atoms with E-state index in [0.29, 0.717) is 25.3 Å². The number of anilines is 1. The second kappa shape index (κ2) is 8.09. The molecule has 0 saturated heterocycles. The van der Waals surface area contributed by atoms with Crippen molar-refractivity contribution in [2.45, 2.75) is 13.0 Å². The molecule has 0 radical (unpaired) electrons. The Bertz CT molecular complexity index is 388. The number of rotatable bonds is 8. The van der Waals surface area contributed by atoms with E-state index in [9.17, 15) is 4.39 Å². The number of halogens is 1. The monoisotopic (exact) mass is 270 g/mol. The highest BCUT2D eigenvalue weighted by Crippen LogP contribution is 2.28. The van der Waals surface area contributed by atoms with Gasteiger partial charge in [-0.25, -0.2) is 4.39 Å². The Balaban J connectivity index is 3.09. The maximum Gasteiger partial charge on any atom is 0.130 e. The fourth-order valence-electron chi connectivity index (χ4n) is 2.05. The predicted molar refractivity (Wildman–Crippen MR) is 75.0 cm³/mol. The van der Waals surface area contributed by atoms with Crippen LogP contribution in [-0.4, -0.2) is 45.6 Å². The van der Waals surface area contributed by atoms with E-state index in [2.05, 4.69) is 5.32 Å². The molecule has 4 nitrogen and oxygen atoms in total. The van der Waals surface area contributed by atoms with E-state index in [0.717, 1.165) is 5.69 Å². The van der Waals surface area contributed by atoms with E-state index in [1.807, 2.05) is 17.9 Å². The van der Waals surface area contributed by atoms with Crippen molar-refractivity contribution >= 4 is 5.69 Å². The standard InChI is InChI=1S/C14H23FN2O2/c1-11(16-2)14-12(15)5-4-6-13(14)17(7-9-18)8-10-19-3/h4-6,11,16,18H,7-10H2,1-3H3. The van der Waals surface area contributed by atoms with Crippen molar-refractivity contribution in [1.29, 1.82) is 0 Å². The topological polar surface area (TPSA) is 44.7 Å². The normalized spacial score (nSPS) is 12.5. The number of nitrogens with zero attached hydrogens (tertiary/aromatic N) is 1. The zero-order valence-electron chi connectivity index (χ0n) is 11.8. The lowest BCUT2D eigenvalue weighted by molar-refractivity contribution is 0.202. The number of benzene rings is 1. The predicted octanol–water partition coefficient (Wildman–Crippen LogP) is 1.55. The Labute approximate surface area is 114 Å². The summed E-state index contributed by atoms with van der Waals surface area (Å²) in [4.78, 5) is 1.94. The van der Waals surface area contributed by atoms with Crippen LogP contribution in [0, 0.1) is 5.82 Å². The van der Waals surface area contributed by atoms with Gasteiger partial charge in [0.1, 0.15) is 5.82 Å². The highest BCUT2D eigenvalue weighted by molar-refractivity contribution is 5.55. The van der Waals surface area contributed by atoms with Gasteiger partial charge in [-0.1, -0.05) is 6.07 Å². The summed E-state index contributed by atoms with van der Waals surface area (Å²) in [6.07, 6.45) is 0. The minimum Gasteiger partial charge on any atom is -0.395 e. The third-order valence-electron chi connectivity index (χ3n) is 3.17. The van der Waals surface area contributed by atoms with E-state index < -0.39 is 0 Å². The van der Waals surface area contributed by atoms with Crippen LogP contribution in [0.25, 0.3) is 0 Å². The van der Waals surface area contributed by atoms with Gasteiger partial charge < -0.3 is 20.1 Å². The molecular formula is C14H23FN2O2. The Morgan fingerprint density at radius 2 is 2.16 bits per heavy atom. The van der Waals surface area contributed by atoms with Crippen LogP contribution < -0.4 is 10.2 Å². The van der Waals surface area contributed by atoms with E-state index in [1.54, 1.807) is 20.2 Å². The first-order valence-corrected chi connectivity index (χ1v) is 6.46. The highest BCUT2D eigenvalue weighted by atomic mass is 19.1. The summed E-state index contributed by atoms with van der Waals surface area (Å²) in [7, 11) is 3.42. The molecule has 0 aliphatic heterocycles. The number of hydrogen-bond acceptors (Lipinski definition) is 4. The van der Waals surface area contributed by atoms with Gasteiger partial charge in [0.05, 0.1) is 13.2 Å². The molecule has 0 aliphatic rings. The lowest BCUT2D eigenvalue weighted by Gasteiger charge is -2.28. The molecular weight excluding hydrogens is 247 g/mol. The molecule has 108 valence electrons. The number of aliphatic hydroxyl groups is 1. The van der Waals surface area contributed by atoms with Crippen molar-refractivity contribution in [2.24, 2.45) is 0 Å². The minimum atomic E-state index is -0.236. The van der Waals surface area contributed by atoms with Crippen LogP contribution in [0.5, 0.6) is 0 Å². The van der Waals surface area contributed by atoms with Gasteiger partial charge in [0.25, 0.3) is 0 Å². The SMILES string of the molecule is CNC(C)c1c(F)cccc1N(CCO)CCOC. The summed E-state index contributed by atoms with van der Waals surface area (Å²) in [6.45, 7) is 3.53. The van der Waals surface area contributed by atoms with Gasteiger partial charge in [-0.2, -0.15) is 0 Å². The van der Waals surface area contributed by atoms with Crippen molar-refractivity contribution in [3.8, 4) is 0 Å². The van der Waals surface area contributed by atoms with E-state index in [1.165, 1.54) is 6.07 Å². The lowest BCUT2D eigenvalue weighted by Crippen LogP contribution is -2.32. The average Bonchev–Trinajstić information content (AvgIpc) is 2.42. The van der Waals surface area contributed by atoms with Gasteiger partial charge >= 0.3 is 0 Å². The van der Waals surface area contributed by atoms with Crippen molar-refractivity contribution in [3.63, 3.8) is 0 Å². The fraction of sp³-hybridized carbons (Fsp3) is 0.571. The summed E-state index contributed by atoms with van der Waals surface area (Å²) in [6, 6.07) is 4.92. The maximum atomic E-state index is 14.0. The molecule has 1 atom stereocenters. The molecule has 0 heterocycles. The van der Waals surface area contributed by atoms with Crippen LogP contribution >= 0.6 is 0 Å². The molecule has 1 unspecified atom stereocenters. The molecule has 0 aromatic heterocycles. The van der Waals surface area contributed by atoms with Crippen LogP contribution in [0.2, 0.25) is 0 Å². The van der Waals surface area contributed by atoms with Gasteiger partial charge in [0.15, 0.2) is 0 Å². The van der Waals surface area contributed by atoms with Crippen molar-refractivity contribution in [1.82, 2.24) is 5.32 Å². The molecule has 0 aliphatic carbocycles. The van der Waals surface area contributed by atoms with Crippen LogP contribution in [0.4, 0.5) is 10.1 Å². The molecule has 0 bridgehead atoms. The van der Waals surface area contributed by atoms with E-state index in [-0.39, 0.29) is 18.5 Å². The number of hydrogen-bond donors (Lipinski definition) is 2. The lowest BCUT2D eigenvalue weighted by atomic mass is 10.0. The summed E-state index contributed by atoms with van der Waals surface area (Å²) in [5.74, 6) is -0.236. The first kappa shape index (κ1) is 15.9. The zero-order chi connectivity index (χ0) is 14.3. The fourth-order valence-corrected chi connectivity index (χ4v) is 2.05. The van der Waals surface area contributed by atoms with Crippen LogP contribution in [0.15, 0.2) is 18.2 Å². The molecule has 2 N–H and O–H groups in total. The molecule has 5 heteroatoms. The smallest absolute Gasteiger partial charge is 0.130 e. The molecule has 1 aromatic rings. The molecule has 0 amide bonds. The quantitative estimate of drug-likeness (QED) is 0.752. The van der Waals surface area contributed by atoms with E-state index in [4.69, 9.17) is 9.84 Å². The summed E-state index contributed by atoms with van der Waals surface area (Å²) < 4.78 is 19.1. The van der Waals surface area contributed by atoms with Crippen molar-refractivity contribution in [3.05, 3.63) is 29.6 Å². The third kappa shape index (κ3) is 4.16. The Kier molecular flexibility index (Phi) is 6.77. The molecule has 0 saturated carbocycles. The first-order chi connectivity index (χ1) is 9.15. The van der Waals surface area contributed by atoms with Gasteiger partial charge in [0.2, 0.25) is 0 Å². The van der Waals surface area contributed by atoms with Gasteiger partial charge in [-0.3, -0.25) is 0 Å².